The molecule has 0 aliphatic heterocycles. The van der Waals surface area contributed by atoms with E-state index >= 15 is 0 Å². The molecule has 0 N–H and O–H groups in total. The van der Waals surface area contributed by atoms with Crippen LogP contribution in [0, 0.1) is 34.5 Å². The molecular weight excluding hydrogens is 378 g/mol. The van der Waals surface area contributed by atoms with Gasteiger partial charge in [0.05, 0.1) is 25.9 Å². The van der Waals surface area contributed by atoms with Crippen LogP contribution < -0.4 is 0 Å². The van der Waals surface area contributed by atoms with Crippen molar-refractivity contribution >= 4 is 11.6 Å². The number of likely N-dealkylation sites (N-methyl/N-ethyl adjacent to an activating group) is 1. The van der Waals surface area contributed by atoms with E-state index in [1.165, 1.54) is 0 Å². The maximum absolute atomic E-state index is 13.3. The topological polar surface area (TPSA) is 55.8 Å². The van der Waals surface area contributed by atoms with Gasteiger partial charge in [0.25, 0.3) is 0 Å². The summed E-state index contributed by atoms with van der Waals surface area (Å²) in [5.41, 5.74) is -0.0629. The molecular formula is C25H41NO4. The van der Waals surface area contributed by atoms with Gasteiger partial charge < -0.3 is 14.4 Å². The van der Waals surface area contributed by atoms with Crippen LogP contribution in [-0.2, 0) is 19.1 Å². The second kappa shape index (κ2) is 8.63. The molecule has 0 aromatic heterocycles. The Morgan fingerprint density at radius 1 is 1.00 bits per heavy atom. The van der Waals surface area contributed by atoms with Crippen molar-refractivity contribution in [1.82, 2.24) is 4.90 Å². The smallest absolute Gasteiger partial charge is 0.139 e. The third-order valence-corrected chi connectivity index (χ3v) is 9.38. The molecule has 170 valence electrons. The van der Waals surface area contributed by atoms with Crippen molar-refractivity contribution < 1.29 is 19.1 Å². The van der Waals surface area contributed by atoms with Gasteiger partial charge >= 0.3 is 0 Å². The average molecular weight is 420 g/mol. The van der Waals surface area contributed by atoms with E-state index in [0.717, 1.165) is 58.1 Å². The summed E-state index contributed by atoms with van der Waals surface area (Å²) >= 11 is 0. The summed E-state index contributed by atoms with van der Waals surface area (Å²) < 4.78 is 11.8. The van der Waals surface area contributed by atoms with Crippen molar-refractivity contribution in [3.05, 3.63) is 0 Å². The number of carbonyl (C=O) groups is 2. The Labute approximate surface area is 182 Å². The minimum absolute atomic E-state index is 0.0923. The van der Waals surface area contributed by atoms with Crippen LogP contribution in [0.1, 0.15) is 65.2 Å². The fraction of sp³-hybridized carbons (Fsp3) is 0.920. The molecule has 4 aliphatic carbocycles. The molecule has 0 spiro atoms. The van der Waals surface area contributed by atoms with E-state index in [1.807, 2.05) is 14.1 Å². The molecule has 4 rings (SSSR count). The lowest BCUT2D eigenvalue weighted by molar-refractivity contribution is -0.163. The van der Waals surface area contributed by atoms with Crippen molar-refractivity contribution in [2.75, 3.05) is 40.5 Å². The third-order valence-electron chi connectivity index (χ3n) is 9.38. The van der Waals surface area contributed by atoms with E-state index in [9.17, 15) is 9.59 Å². The molecule has 4 fully saturated rings. The molecule has 5 heteroatoms. The Hall–Kier alpha value is -0.780. The number of carbonyl (C=O) groups excluding carboxylic acids is 2. The molecule has 0 bridgehead atoms. The Balaban J connectivity index is 1.35. The second-order valence-electron chi connectivity index (χ2n) is 11.2. The van der Waals surface area contributed by atoms with E-state index < -0.39 is 0 Å². The number of Topliss-reactive ketones (excluding diaryl/α,β-unsaturated/α-hetero) is 2. The summed E-state index contributed by atoms with van der Waals surface area (Å²) in [6.07, 6.45) is 7.75. The number of fused-ring (bicyclic) bond motifs is 5. The number of rotatable bonds is 7. The predicted molar refractivity (Wildman–Crippen MR) is 116 cm³/mol. The normalized spacial score (nSPS) is 43.4. The Morgan fingerprint density at radius 2 is 1.80 bits per heavy atom. The first-order valence-electron chi connectivity index (χ1n) is 12.2. The van der Waals surface area contributed by atoms with Gasteiger partial charge in [0, 0.05) is 30.7 Å². The highest BCUT2D eigenvalue weighted by molar-refractivity contribution is 5.88. The Morgan fingerprint density at radius 3 is 2.57 bits per heavy atom. The molecule has 0 saturated heterocycles. The van der Waals surface area contributed by atoms with Crippen molar-refractivity contribution in [1.29, 1.82) is 0 Å². The molecule has 4 aliphatic rings. The summed E-state index contributed by atoms with van der Waals surface area (Å²) in [6.45, 7) is 7.46. The number of hydrogen-bond acceptors (Lipinski definition) is 5. The highest BCUT2D eigenvalue weighted by atomic mass is 16.5. The van der Waals surface area contributed by atoms with Crippen LogP contribution in [0.3, 0.4) is 0 Å². The largest absolute Gasteiger partial charge is 0.378 e. The zero-order chi connectivity index (χ0) is 21.5. The van der Waals surface area contributed by atoms with Crippen LogP contribution in [-0.4, -0.2) is 63.0 Å². The van der Waals surface area contributed by atoms with E-state index in [0.29, 0.717) is 49.0 Å². The van der Waals surface area contributed by atoms with Gasteiger partial charge in [-0.1, -0.05) is 13.8 Å². The zero-order valence-electron chi connectivity index (χ0n) is 19.5. The highest BCUT2D eigenvalue weighted by Gasteiger charge is 2.62. The fourth-order valence-corrected chi connectivity index (χ4v) is 7.55. The van der Waals surface area contributed by atoms with Gasteiger partial charge in [0.1, 0.15) is 11.6 Å². The Bertz CT molecular complexity index is 664. The van der Waals surface area contributed by atoms with Crippen molar-refractivity contribution in [2.24, 2.45) is 34.5 Å². The van der Waals surface area contributed by atoms with Gasteiger partial charge in [-0.05, 0) is 75.8 Å². The molecule has 5 nitrogen and oxygen atoms in total. The molecule has 0 heterocycles. The SMILES string of the molecule is CN(C)CCOCCO[C@H]1CC[C@@]2(C)[C@H](C1)C(=O)C[C@@H]1[C@@H]2CC[C@]2(C)C(=O)CC[C@@H]12. The predicted octanol–water partition coefficient (Wildman–Crippen LogP) is 3.74. The second-order valence-corrected chi connectivity index (χ2v) is 11.2. The van der Waals surface area contributed by atoms with E-state index in [2.05, 4.69) is 18.7 Å². The van der Waals surface area contributed by atoms with Gasteiger partial charge in [-0.25, -0.2) is 0 Å². The summed E-state index contributed by atoms with van der Waals surface area (Å²) in [6, 6.07) is 0. The monoisotopic (exact) mass is 419 g/mol. The van der Waals surface area contributed by atoms with E-state index in [4.69, 9.17) is 9.47 Å². The summed E-state index contributed by atoms with van der Waals surface area (Å²) in [4.78, 5) is 28.0. The lowest BCUT2D eigenvalue weighted by Gasteiger charge is -2.59. The summed E-state index contributed by atoms with van der Waals surface area (Å²) in [5.74, 6) is 2.48. The van der Waals surface area contributed by atoms with Gasteiger partial charge in [-0.3, -0.25) is 9.59 Å². The molecule has 0 aromatic carbocycles. The van der Waals surface area contributed by atoms with Crippen LogP contribution in [0.2, 0.25) is 0 Å². The lowest BCUT2D eigenvalue weighted by Crippen LogP contribution is -2.57. The fourth-order valence-electron chi connectivity index (χ4n) is 7.55. The number of nitrogens with zero attached hydrogens (tertiary/aromatic N) is 1. The quantitative estimate of drug-likeness (QED) is 0.589. The van der Waals surface area contributed by atoms with Crippen molar-refractivity contribution in [2.45, 2.75) is 71.3 Å². The number of hydrogen-bond donors (Lipinski definition) is 0. The minimum atomic E-state index is -0.155. The van der Waals surface area contributed by atoms with Gasteiger partial charge in [-0.15, -0.1) is 0 Å². The zero-order valence-corrected chi connectivity index (χ0v) is 19.5. The maximum Gasteiger partial charge on any atom is 0.139 e. The van der Waals surface area contributed by atoms with Crippen LogP contribution in [0.5, 0.6) is 0 Å². The standard InChI is InChI=1S/C25H41NO4/c1-24-9-7-17(30-14-13-29-12-11-26(3)4)15-21(24)22(27)16-18-19-5-6-23(28)25(19,2)10-8-20(18)24/h17-21H,5-16H2,1-4H3/t17-,18-,19-,20-,21+,24+,25-/m0/s1. The number of ketones is 2. The molecule has 30 heavy (non-hydrogen) atoms. The van der Waals surface area contributed by atoms with Gasteiger partial charge in [0.15, 0.2) is 0 Å². The highest BCUT2D eigenvalue weighted by Crippen LogP contribution is 2.64. The minimum Gasteiger partial charge on any atom is -0.378 e. The van der Waals surface area contributed by atoms with E-state index in [1.54, 1.807) is 0 Å². The summed E-state index contributed by atoms with van der Waals surface area (Å²) in [7, 11) is 4.09. The molecule has 0 unspecified atom stereocenters. The first kappa shape index (κ1) is 22.4. The summed E-state index contributed by atoms with van der Waals surface area (Å²) in [5, 5.41) is 0. The lowest BCUT2D eigenvalue weighted by atomic mass is 9.45. The third kappa shape index (κ3) is 3.91. The van der Waals surface area contributed by atoms with Crippen LogP contribution in [0.4, 0.5) is 0 Å². The van der Waals surface area contributed by atoms with Crippen molar-refractivity contribution in [3.8, 4) is 0 Å². The molecule has 4 saturated carbocycles. The van der Waals surface area contributed by atoms with Gasteiger partial charge in [-0.2, -0.15) is 0 Å². The molecule has 0 aromatic rings. The Kier molecular flexibility index (Phi) is 6.45. The molecule has 0 amide bonds. The van der Waals surface area contributed by atoms with Gasteiger partial charge in [0.2, 0.25) is 0 Å². The van der Waals surface area contributed by atoms with E-state index in [-0.39, 0.29) is 22.9 Å². The molecule has 0 radical (unpaired) electrons. The first-order chi connectivity index (χ1) is 14.3. The maximum atomic E-state index is 13.3. The average Bonchev–Trinajstić information content (AvgIpc) is 3.00. The number of ether oxygens (including phenoxy) is 2. The molecule has 7 atom stereocenters. The van der Waals surface area contributed by atoms with Crippen LogP contribution in [0.15, 0.2) is 0 Å². The van der Waals surface area contributed by atoms with Crippen LogP contribution >= 0.6 is 0 Å². The van der Waals surface area contributed by atoms with Crippen LogP contribution in [0.25, 0.3) is 0 Å². The first-order valence-corrected chi connectivity index (χ1v) is 12.2. The van der Waals surface area contributed by atoms with Crippen molar-refractivity contribution in [3.63, 3.8) is 0 Å².